The molecule has 0 nitrogen and oxygen atoms in total. The molecule has 0 spiro atoms. The number of aryl methyl sites for hydroxylation is 4. The fourth-order valence-electron chi connectivity index (χ4n) is 7.28. The van der Waals surface area contributed by atoms with Crippen molar-refractivity contribution in [1.29, 1.82) is 0 Å². The second-order valence-electron chi connectivity index (χ2n) is 11.6. The van der Waals surface area contributed by atoms with Gasteiger partial charge < -0.3 is 0 Å². The fourth-order valence-corrected chi connectivity index (χ4v) is 7.28. The number of rotatable bonds is 4. The highest BCUT2D eigenvalue weighted by Crippen LogP contribution is 2.24. The van der Waals surface area contributed by atoms with Crippen LogP contribution in [0.25, 0.3) is 21.9 Å². The molecule has 0 fully saturated rings. The molecule has 0 atom stereocenters. The predicted octanol–water partition coefficient (Wildman–Crippen LogP) is 5.09. The molecule has 0 N–H and O–H groups in total. The molecule has 0 saturated carbocycles. The zero-order valence-corrected chi connectivity index (χ0v) is 23.7. The summed E-state index contributed by atoms with van der Waals surface area (Å²) in [6, 6.07) is 45.6. The SMILES string of the molecule is Cc1ccc(B(c2c(C)cc(C)cc2C)c2cccc3cccc(B4c5ccccc5-c5ccccc54)c23)cc1. The van der Waals surface area contributed by atoms with Crippen molar-refractivity contribution in [2.45, 2.75) is 27.7 Å². The van der Waals surface area contributed by atoms with Crippen LogP contribution in [0.1, 0.15) is 22.3 Å². The van der Waals surface area contributed by atoms with Crippen LogP contribution in [0.15, 0.2) is 121 Å². The molecule has 0 saturated heterocycles. The third kappa shape index (κ3) is 3.94. The maximum absolute atomic E-state index is 2.38. The van der Waals surface area contributed by atoms with Crippen LogP contribution in [0, 0.1) is 27.7 Å². The molecule has 0 bridgehead atoms. The van der Waals surface area contributed by atoms with Crippen molar-refractivity contribution in [1.82, 2.24) is 0 Å². The maximum Gasteiger partial charge on any atom is 0.243 e. The highest BCUT2D eigenvalue weighted by Gasteiger charge is 2.35. The van der Waals surface area contributed by atoms with E-state index in [0.717, 1.165) is 0 Å². The Bertz CT molecular complexity index is 1820. The molecular formula is C38H32B2. The van der Waals surface area contributed by atoms with Crippen molar-refractivity contribution in [3.05, 3.63) is 144 Å². The molecular weight excluding hydrogens is 478 g/mol. The molecule has 0 aliphatic carbocycles. The first-order valence-electron chi connectivity index (χ1n) is 14.4. The van der Waals surface area contributed by atoms with Gasteiger partial charge in [-0.1, -0.05) is 176 Å². The Morgan fingerprint density at radius 1 is 0.500 bits per heavy atom. The van der Waals surface area contributed by atoms with Crippen molar-refractivity contribution in [2.24, 2.45) is 0 Å². The summed E-state index contributed by atoms with van der Waals surface area (Å²) in [7, 11) is 0. The molecule has 1 aliphatic heterocycles. The normalized spacial score (nSPS) is 11.9. The Hall–Kier alpha value is -4.29. The quantitative estimate of drug-likeness (QED) is 0.290. The second kappa shape index (κ2) is 9.72. The third-order valence-electron chi connectivity index (χ3n) is 8.86. The Balaban J connectivity index is 1.56. The van der Waals surface area contributed by atoms with E-state index in [0.29, 0.717) is 0 Å². The van der Waals surface area contributed by atoms with Crippen molar-refractivity contribution in [2.75, 3.05) is 0 Å². The predicted molar refractivity (Wildman–Crippen MR) is 177 cm³/mol. The molecule has 0 amide bonds. The average molecular weight is 510 g/mol. The van der Waals surface area contributed by atoms with Crippen LogP contribution in [0.4, 0.5) is 0 Å². The van der Waals surface area contributed by atoms with Gasteiger partial charge in [0.1, 0.15) is 0 Å². The first-order valence-corrected chi connectivity index (χ1v) is 14.4. The minimum Gasteiger partial charge on any atom is -0.0686 e. The van der Waals surface area contributed by atoms with Crippen molar-refractivity contribution in [3.8, 4) is 11.1 Å². The van der Waals surface area contributed by atoms with Crippen LogP contribution in [-0.2, 0) is 0 Å². The molecule has 40 heavy (non-hydrogen) atoms. The lowest BCUT2D eigenvalue weighted by molar-refractivity contribution is 1.35. The summed E-state index contributed by atoms with van der Waals surface area (Å²) in [4.78, 5) is 0. The molecule has 7 rings (SSSR count). The van der Waals surface area contributed by atoms with Gasteiger partial charge in [-0.15, -0.1) is 0 Å². The van der Waals surface area contributed by atoms with Crippen LogP contribution < -0.4 is 32.8 Å². The Morgan fingerprint density at radius 2 is 1.05 bits per heavy atom. The molecule has 190 valence electrons. The summed E-state index contributed by atoms with van der Waals surface area (Å²) in [5.41, 5.74) is 16.4. The summed E-state index contributed by atoms with van der Waals surface area (Å²) in [5.74, 6) is 0. The van der Waals surface area contributed by atoms with Crippen molar-refractivity contribution >= 4 is 57.0 Å². The molecule has 6 aromatic carbocycles. The van der Waals surface area contributed by atoms with Crippen LogP contribution in [0.2, 0.25) is 0 Å². The number of fused-ring (bicyclic) bond motifs is 4. The summed E-state index contributed by atoms with van der Waals surface area (Å²) in [5, 5.41) is 2.68. The van der Waals surface area contributed by atoms with Crippen LogP contribution in [-0.4, -0.2) is 13.4 Å². The van der Waals surface area contributed by atoms with Crippen LogP contribution >= 0.6 is 0 Å². The zero-order chi connectivity index (χ0) is 27.4. The lowest BCUT2D eigenvalue weighted by Gasteiger charge is -2.24. The molecule has 0 radical (unpaired) electrons. The summed E-state index contributed by atoms with van der Waals surface area (Å²) in [6.07, 6.45) is 0. The van der Waals surface area contributed by atoms with E-state index in [4.69, 9.17) is 0 Å². The van der Waals surface area contributed by atoms with Crippen molar-refractivity contribution in [3.63, 3.8) is 0 Å². The van der Waals surface area contributed by atoms with Crippen molar-refractivity contribution < 1.29 is 0 Å². The Labute approximate surface area is 238 Å². The van der Waals surface area contributed by atoms with Gasteiger partial charge in [0.05, 0.1) is 0 Å². The minimum absolute atomic E-state index is 0.137. The van der Waals surface area contributed by atoms with Crippen LogP contribution in [0.5, 0.6) is 0 Å². The van der Waals surface area contributed by atoms with Gasteiger partial charge in [0.25, 0.3) is 0 Å². The number of hydrogen-bond acceptors (Lipinski definition) is 0. The monoisotopic (exact) mass is 510 g/mol. The molecule has 0 aromatic heterocycles. The summed E-state index contributed by atoms with van der Waals surface area (Å²) in [6.45, 7) is 9.29. The average Bonchev–Trinajstić information content (AvgIpc) is 3.29. The molecule has 1 aliphatic rings. The maximum atomic E-state index is 2.38. The Kier molecular flexibility index (Phi) is 6.01. The topological polar surface area (TPSA) is 0 Å². The van der Waals surface area contributed by atoms with E-state index in [-0.39, 0.29) is 13.4 Å². The summed E-state index contributed by atoms with van der Waals surface area (Å²) < 4.78 is 0. The van der Waals surface area contributed by atoms with E-state index < -0.39 is 0 Å². The largest absolute Gasteiger partial charge is 0.243 e. The van der Waals surface area contributed by atoms with E-state index >= 15 is 0 Å². The van der Waals surface area contributed by atoms with E-state index in [2.05, 4.69) is 149 Å². The van der Waals surface area contributed by atoms with Gasteiger partial charge in [-0.3, -0.25) is 0 Å². The molecule has 0 unspecified atom stereocenters. The van der Waals surface area contributed by atoms with Gasteiger partial charge in [0.2, 0.25) is 13.4 Å². The lowest BCUT2D eigenvalue weighted by atomic mass is 9.33. The smallest absolute Gasteiger partial charge is 0.0686 e. The molecule has 1 heterocycles. The van der Waals surface area contributed by atoms with E-state index in [1.54, 1.807) is 0 Å². The highest BCUT2D eigenvalue weighted by molar-refractivity contribution is 7.02. The molecule has 2 heteroatoms. The van der Waals surface area contributed by atoms with Gasteiger partial charge in [-0.05, 0) is 49.6 Å². The van der Waals surface area contributed by atoms with Crippen LogP contribution in [0.3, 0.4) is 0 Å². The standard InChI is InChI=1S/C38H32B2/c1-25-19-21-30(22-20-25)39(38-27(3)23-26(2)24-28(38)4)35-17-9-11-29-12-10-18-36(37(29)35)40-33-15-7-5-13-31(33)32-14-6-8-16-34(32)40/h5-24H,1-4H3. The van der Waals surface area contributed by atoms with E-state index in [1.165, 1.54) is 76.9 Å². The van der Waals surface area contributed by atoms with E-state index in [9.17, 15) is 0 Å². The van der Waals surface area contributed by atoms with Gasteiger partial charge in [-0.25, -0.2) is 0 Å². The second-order valence-corrected chi connectivity index (χ2v) is 11.6. The first-order chi connectivity index (χ1) is 19.5. The van der Waals surface area contributed by atoms with Gasteiger partial charge >= 0.3 is 0 Å². The third-order valence-corrected chi connectivity index (χ3v) is 8.86. The number of hydrogen-bond donors (Lipinski definition) is 0. The summed E-state index contributed by atoms with van der Waals surface area (Å²) >= 11 is 0. The molecule has 6 aromatic rings. The van der Waals surface area contributed by atoms with Gasteiger partial charge in [-0.2, -0.15) is 0 Å². The Morgan fingerprint density at radius 3 is 1.68 bits per heavy atom. The fraction of sp³-hybridized carbons (Fsp3) is 0.105. The lowest BCUT2D eigenvalue weighted by Crippen LogP contribution is -2.56. The van der Waals surface area contributed by atoms with Gasteiger partial charge in [0.15, 0.2) is 0 Å². The van der Waals surface area contributed by atoms with Gasteiger partial charge in [0, 0.05) is 0 Å². The highest BCUT2D eigenvalue weighted by atomic mass is 14.2. The first kappa shape index (κ1) is 24.7. The number of benzene rings is 6. The zero-order valence-electron chi connectivity index (χ0n) is 23.7. The van der Waals surface area contributed by atoms with E-state index in [1.807, 2.05) is 0 Å². The minimum atomic E-state index is 0.137.